The zero-order chi connectivity index (χ0) is 25.4. The first kappa shape index (κ1) is 28.5. The third kappa shape index (κ3) is 8.71. The van der Waals surface area contributed by atoms with Gasteiger partial charge in [-0.2, -0.15) is 0 Å². The van der Waals surface area contributed by atoms with Gasteiger partial charge in [0.2, 0.25) is 11.8 Å². The summed E-state index contributed by atoms with van der Waals surface area (Å²) in [4.78, 5) is 40.9. The van der Waals surface area contributed by atoms with Gasteiger partial charge in [0.1, 0.15) is 18.2 Å². The predicted octanol–water partition coefficient (Wildman–Crippen LogP) is 4.88. The fourth-order valence-electron chi connectivity index (χ4n) is 3.67. The van der Waals surface area contributed by atoms with Crippen molar-refractivity contribution < 1.29 is 19.1 Å². The molecule has 7 nitrogen and oxygen atoms in total. The fraction of sp³-hybridized carbons (Fsp3) is 0.654. The van der Waals surface area contributed by atoms with Crippen molar-refractivity contribution in [2.24, 2.45) is 0 Å². The molecule has 3 amide bonds. The van der Waals surface area contributed by atoms with Crippen LogP contribution in [-0.4, -0.2) is 46.5 Å². The number of carbonyl (C=O) groups excluding carboxylic acids is 3. The summed E-state index contributed by atoms with van der Waals surface area (Å²) in [5.41, 5.74) is 0.385. The molecule has 186 valence electrons. The van der Waals surface area contributed by atoms with Gasteiger partial charge in [-0.3, -0.25) is 9.59 Å². The number of nitrogens with zero attached hydrogens (tertiary/aromatic N) is 1. The molecule has 0 heterocycles. The molecule has 2 unspecified atom stereocenters. The average molecular weight is 462 g/mol. The number of benzene rings is 1. The van der Waals surface area contributed by atoms with Crippen LogP contribution < -0.4 is 10.6 Å². The Labute approximate surface area is 199 Å². The lowest BCUT2D eigenvalue weighted by Crippen LogP contribution is -2.56. The Bertz CT molecular complexity index is 814. The van der Waals surface area contributed by atoms with Crippen LogP contribution in [0.15, 0.2) is 24.3 Å². The molecule has 0 aliphatic rings. The molecule has 0 spiro atoms. The van der Waals surface area contributed by atoms with Crippen LogP contribution in [0.25, 0.3) is 0 Å². The van der Waals surface area contributed by atoms with Crippen LogP contribution in [0.2, 0.25) is 0 Å². The van der Waals surface area contributed by atoms with Crippen molar-refractivity contribution in [2.45, 2.75) is 105 Å². The van der Waals surface area contributed by atoms with Crippen molar-refractivity contribution >= 4 is 17.9 Å². The third-order valence-electron chi connectivity index (χ3n) is 5.67. The highest BCUT2D eigenvalue weighted by molar-refractivity contribution is 5.91. The van der Waals surface area contributed by atoms with Gasteiger partial charge in [-0.05, 0) is 72.4 Å². The summed E-state index contributed by atoms with van der Waals surface area (Å²) in [6.45, 7) is 16.8. The first-order valence-corrected chi connectivity index (χ1v) is 11.9. The van der Waals surface area contributed by atoms with Crippen LogP contribution in [0.4, 0.5) is 4.79 Å². The molecule has 1 aromatic carbocycles. The zero-order valence-electron chi connectivity index (χ0n) is 21.9. The van der Waals surface area contributed by atoms with Crippen LogP contribution in [-0.2, 0) is 14.3 Å². The second-order valence-electron chi connectivity index (χ2n) is 10.2. The van der Waals surface area contributed by atoms with Gasteiger partial charge in [-0.15, -0.1) is 0 Å². The summed E-state index contributed by atoms with van der Waals surface area (Å²) < 4.78 is 5.27. The molecule has 0 radical (unpaired) electrons. The number of nitrogens with one attached hydrogen (secondary N) is 2. The van der Waals surface area contributed by atoms with E-state index in [1.807, 2.05) is 58.9 Å². The quantitative estimate of drug-likeness (QED) is 0.520. The van der Waals surface area contributed by atoms with E-state index in [-0.39, 0.29) is 24.4 Å². The van der Waals surface area contributed by atoms with Crippen molar-refractivity contribution in [1.29, 1.82) is 0 Å². The molecular weight excluding hydrogens is 418 g/mol. The van der Waals surface area contributed by atoms with Crippen molar-refractivity contribution in [3.8, 4) is 0 Å². The molecule has 1 aromatic rings. The Morgan fingerprint density at radius 3 is 2.18 bits per heavy atom. The van der Waals surface area contributed by atoms with Crippen molar-refractivity contribution in [2.75, 3.05) is 6.54 Å². The Kier molecular flexibility index (Phi) is 10.4. The van der Waals surface area contributed by atoms with Gasteiger partial charge in [0, 0.05) is 11.6 Å². The Balaban J connectivity index is 3.37. The number of alkyl carbamates (subject to hydrolysis) is 1. The van der Waals surface area contributed by atoms with Crippen molar-refractivity contribution in [1.82, 2.24) is 15.5 Å². The van der Waals surface area contributed by atoms with E-state index >= 15 is 0 Å². The molecule has 0 saturated heterocycles. The summed E-state index contributed by atoms with van der Waals surface area (Å²) in [6, 6.07) is 6.76. The number of hydrogen-bond acceptors (Lipinski definition) is 4. The van der Waals surface area contributed by atoms with E-state index in [1.165, 1.54) is 0 Å². The minimum atomic E-state index is -0.826. The van der Waals surface area contributed by atoms with Crippen LogP contribution in [0.5, 0.6) is 0 Å². The second-order valence-corrected chi connectivity index (χ2v) is 10.2. The van der Waals surface area contributed by atoms with E-state index in [9.17, 15) is 14.4 Å². The largest absolute Gasteiger partial charge is 0.444 e. The summed E-state index contributed by atoms with van der Waals surface area (Å²) >= 11 is 0. The van der Waals surface area contributed by atoms with Gasteiger partial charge in [-0.25, -0.2) is 4.79 Å². The highest BCUT2D eigenvalue weighted by Crippen LogP contribution is 2.33. The molecule has 0 saturated carbocycles. The summed E-state index contributed by atoms with van der Waals surface area (Å²) in [7, 11) is 0. The Morgan fingerprint density at radius 2 is 1.67 bits per heavy atom. The summed E-state index contributed by atoms with van der Waals surface area (Å²) in [5, 5.41) is 5.64. The number of ether oxygens (including phenoxy) is 1. The molecule has 7 heteroatoms. The van der Waals surface area contributed by atoms with Gasteiger partial charge in [-0.1, -0.05) is 44.5 Å². The lowest BCUT2D eigenvalue weighted by molar-refractivity contribution is -0.147. The Morgan fingerprint density at radius 1 is 1.06 bits per heavy atom. The maximum atomic E-state index is 13.6. The van der Waals surface area contributed by atoms with Crippen molar-refractivity contribution in [3.63, 3.8) is 0 Å². The standard InChI is InChI=1S/C26H43N3O4/c1-10-14-19(4)28-23(31)22(20-16-13-12-15-18(20)3)29(26(8,9)11-2)21(30)17-27-24(32)33-25(5,6)7/h12-13,15-16,19,22H,10-11,14,17H2,1-9H3,(H,27,32)(H,28,31). The Hall–Kier alpha value is -2.57. The minimum Gasteiger partial charge on any atom is -0.444 e. The molecule has 2 atom stereocenters. The smallest absolute Gasteiger partial charge is 0.408 e. The third-order valence-corrected chi connectivity index (χ3v) is 5.67. The van der Waals surface area contributed by atoms with E-state index in [4.69, 9.17) is 4.74 Å². The van der Waals surface area contributed by atoms with Crippen molar-refractivity contribution in [3.05, 3.63) is 35.4 Å². The number of hydrogen-bond donors (Lipinski definition) is 2. The molecular formula is C26H43N3O4. The second kappa shape index (κ2) is 12.1. The zero-order valence-corrected chi connectivity index (χ0v) is 21.9. The maximum Gasteiger partial charge on any atom is 0.408 e. The molecule has 33 heavy (non-hydrogen) atoms. The molecule has 0 bridgehead atoms. The lowest BCUT2D eigenvalue weighted by atomic mass is 9.91. The topological polar surface area (TPSA) is 87.7 Å². The lowest BCUT2D eigenvalue weighted by Gasteiger charge is -2.43. The maximum absolute atomic E-state index is 13.6. The molecule has 1 rings (SSSR count). The number of carbonyl (C=O) groups is 3. The number of rotatable bonds is 10. The first-order chi connectivity index (χ1) is 15.2. The van der Waals surface area contributed by atoms with Crippen LogP contribution in [0.3, 0.4) is 0 Å². The van der Waals surface area contributed by atoms with Gasteiger partial charge < -0.3 is 20.3 Å². The minimum absolute atomic E-state index is 0.0180. The summed E-state index contributed by atoms with van der Waals surface area (Å²) in [6.07, 6.45) is 1.75. The van der Waals surface area contributed by atoms with Gasteiger partial charge >= 0.3 is 6.09 Å². The van der Waals surface area contributed by atoms with E-state index in [0.717, 1.165) is 24.0 Å². The van der Waals surface area contributed by atoms with Crippen LogP contribution in [0, 0.1) is 6.92 Å². The molecule has 0 aliphatic heterocycles. The molecule has 0 aliphatic carbocycles. The predicted molar refractivity (Wildman–Crippen MR) is 132 cm³/mol. The number of aryl methyl sites for hydroxylation is 1. The van der Waals surface area contributed by atoms with Gasteiger partial charge in [0.15, 0.2) is 0 Å². The monoisotopic (exact) mass is 461 g/mol. The highest BCUT2D eigenvalue weighted by Gasteiger charge is 2.40. The average Bonchev–Trinajstić information content (AvgIpc) is 2.69. The van der Waals surface area contributed by atoms with Gasteiger partial charge in [0.25, 0.3) is 0 Å². The summed E-state index contributed by atoms with van der Waals surface area (Å²) in [5.74, 6) is -0.573. The van der Waals surface area contributed by atoms with E-state index in [2.05, 4.69) is 17.6 Å². The van der Waals surface area contributed by atoms with Gasteiger partial charge in [0.05, 0.1) is 0 Å². The number of amides is 3. The van der Waals surface area contributed by atoms with E-state index in [1.54, 1.807) is 25.7 Å². The molecule has 2 N–H and O–H groups in total. The van der Waals surface area contributed by atoms with Crippen LogP contribution >= 0.6 is 0 Å². The fourth-order valence-corrected chi connectivity index (χ4v) is 3.67. The van der Waals surface area contributed by atoms with E-state index in [0.29, 0.717) is 6.42 Å². The first-order valence-electron chi connectivity index (χ1n) is 11.9. The molecule has 0 aromatic heterocycles. The normalized spacial score (nSPS) is 13.6. The van der Waals surface area contributed by atoms with E-state index < -0.39 is 23.3 Å². The van der Waals surface area contributed by atoms with Crippen LogP contribution in [0.1, 0.15) is 91.8 Å². The molecule has 0 fully saturated rings. The SMILES string of the molecule is CCCC(C)NC(=O)C(c1ccccc1C)N(C(=O)CNC(=O)OC(C)(C)C)C(C)(C)CC. The highest BCUT2D eigenvalue weighted by atomic mass is 16.6.